The number of benzene rings is 2. The van der Waals surface area contributed by atoms with Crippen molar-refractivity contribution in [2.24, 2.45) is 0 Å². The Morgan fingerprint density at radius 2 is 1.63 bits per heavy atom. The number of aryl methyl sites for hydroxylation is 1. The number of aromatic nitrogens is 1. The van der Waals surface area contributed by atoms with Gasteiger partial charge in [-0.05, 0) is 23.6 Å². The van der Waals surface area contributed by atoms with Crippen molar-refractivity contribution < 1.29 is 9.53 Å². The second-order valence-corrected chi connectivity index (χ2v) is 7.12. The largest absolute Gasteiger partial charge is 0.372 e. The van der Waals surface area contributed by atoms with Gasteiger partial charge in [0.1, 0.15) is 6.54 Å². The van der Waals surface area contributed by atoms with E-state index in [1.165, 1.54) is 4.57 Å². The van der Waals surface area contributed by atoms with Gasteiger partial charge in [0.05, 0.1) is 13.2 Å². The van der Waals surface area contributed by atoms with Gasteiger partial charge in [0.15, 0.2) is 0 Å². The molecule has 0 aliphatic rings. The third-order valence-electron chi connectivity index (χ3n) is 4.17. The van der Waals surface area contributed by atoms with Crippen LogP contribution < -0.4 is 10.2 Å². The van der Waals surface area contributed by atoms with Crippen LogP contribution in [0.15, 0.2) is 64.8 Å². The molecule has 0 aliphatic heterocycles. The van der Waals surface area contributed by atoms with Crippen molar-refractivity contribution in [2.75, 3.05) is 0 Å². The lowest BCUT2D eigenvalue weighted by atomic mass is 10.1. The smallest absolute Gasteiger partial charge is 0.307 e. The highest BCUT2D eigenvalue weighted by atomic mass is 32.1. The predicted molar refractivity (Wildman–Crippen MR) is 107 cm³/mol. The molecule has 1 heterocycles. The molecule has 0 spiro atoms. The van der Waals surface area contributed by atoms with E-state index >= 15 is 0 Å². The van der Waals surface area contributed by atoms with E-state index in [2.05, 4.69) is 5.32 Å². The fraction of sp³-hybridized carbons (Fsp3) is 0.238. The highest BCUT2D eigenvalue weighted by Crippen LogP contribution is 2.08. The van der Waals surface area contributed by atoms with Crippen LogP contribution in [-0.4, -0.2) is 10.5 Å². The monoisotopic (exact) mass is 382 g/mol. The first-order valence-electron chi connectivity index (χ1n) is 8.73. The number of nitrogens with one attached hydrogen (secondary N) is 1. The molecule has 3 aromatic rings. The minimum absolute atomic E-state index is 0.0551. The van der Waals surface area contributed by atoms with E-state index in [0.717, 1.165) is 33.7 Å². The van der Waals surface area contributed by atoms with E-state index in [1.54, 1.807) is 5.38 Å². The Hall–Kier alpha value is -2.70. The normalized spacial score (nSPS) is 10.7. The number of ether oxygens (including phenoxy) is 1. The molecule has 27 heavy (non-hydrogen) atoms. The van der Waals surface area contributed by atoms with Gasteiger partial charge in [0, 0.05) is 17.6 Å². The fourth-order valence-electron chi connectivity index (χ4n) is 2.61. The maximum absolute atomic E-state index is 12.0. The van der Waals surface area contributed by atoms with Crippen molar-refractivity contribution in [1.82, 2.24) is 9.88 Å². The predicted octanol–water partition coefficient (Wildman–Crippen LogP) is 3.25. The van der Waals surface area contributed by atoms with E-state index in [-0.39, 0.29) is 17.3 Å². The van der Waals surface area contributed by atoms with Crippen LogP contribution in [0.3, 0.4) is 0 Å². The third-order valence-corrected chi connectivity index (χ3v) is 5.05. The van der Waals surface area contributed by atoms with Crippen LogP contribution in [0.25, 0.3) is 0 Å². The van der Waals surface area contributed by atoms with Gasteiger partial charge in [-0.2, -0.15) is 0 Å². The number of amides is 1. The molecule has 0 radical (unpaired) electrons. The van der Waals surface area contributed by atoms with Gasteiger partial charge in [-0.15, -0.1) is 0 Å². The zero-order valence-electron chi connectivity index (χ0n) is 15.2. The molecule has 0 aliphatic carbocycles. The number of carbonyl (C=O) groups is 1. The first-order valence-corrected chi connectivity index (χ1v) is 9.61. The lowest BCUT2D eigenvalue weighted by molar-refractivity contribution is -0.121. The summed E-state index contributed by atoms with van der Waals surface area (Å²) in [6.45, 7) is 3.44. The first-order chi connectivity index (χ1) is 13.1. The minimum atomic E-state index is -0.172. The molecule has 0 bridgehead atoms. The van der Waals surface area contributed by atoms with Gasteiger partial charge in [-0.1, -0.05) is 65.9 Å². The average molecular weight is 382 g/mol. The van der Waals surface area contributed by atoms with Crippen LogP contribution in [-0.2, 0) is 35.8 Å². The zero-order valence-corrected chi connectivity index (χ0v) is 16.0. The van der Waals surface area contributed by atoms with Crippen LogP contribution >= 0.6 is 11.3 Å². The highest BCUT2D eigenvalue weighted by molar-refractivity contribution is 7.07. The zero-order chi connectivity index (χ0) is 19.1. The molecule has 5 nitrogen and oxygen atoms in total. The molecule has 1 N–H and O–H groups in total. The number of carbonyl (C=O) groups excluding carboxylic acids is 1. The minimum Gasteiger partial charge on any atom is -0.372 e. The molecule has 0 saturated carbocycles. The van der Waals surface area contributed by atoms with Crippen molar-refractivity contribution in [3.8, 4) is 0 Å². The summed E-state index contributed by atoms with van der Waals surface area (Å²) in [5, 5.41) is 4.61. The summed E-state index contributed by atoms with van der Waals surface area (Å²) >= 11 is 1.11. The second-order valence-electron chi connectivity index (χ2n) is 6.30. The number of hydrogen-bond acceptors (Lipinski definition) is 4. The maximum Gasteiger partial charge on any atom is 0.307 e. The van der Waals surface area contributed by atoms with Crippen molar-refractivity contribution >= 4 is 17.2 Å². The number of thiazole rings is 1. The summed E-state index contributed by atoms with van der Waals surface area (Å²) in [6, 6.07) is 18.0. The van der Waals surface area contributed by atoms with Crippen molar-refractivity contribution in [3.05, 3.63) is 92.0 Å². The second kappa shape index (κ2) is 9.30. The van der Waals surface area contributed by atoms with E-state index < -0.39 is 0 Å². The van der Waals surface area contributed by atoms with Gasteiger partial charge in [0.2, 0.25) is 5.91 Å². The molecular weight excluding hydrogens is 360 g/mol. The van der Waals surface area contributed by atoms with Crippen LogP contribution in [0.2, 0.25) is 0 Å². The lowest BCUT2D eigenvalue weighted by Gasteiger charge is -2.08. The molecule has 0 unspecified atom stereocenters. The van der Waals surface area contributed by atoms with Crippen LogP contribution in [0, 0.1) is 6.92 Å². The third kappa shape index (κ3) is 5.64. The Morgan fingerprint density at radius 3 is 2.26 bits per heavy atom. The Bertz CT molecular complexity index is 930. The van der Waals surface area contributed by atoms with Gasteiger partial charge in [-0.3, -0.25) is 14.2 Å². The Morgan fingerprint density at radius 1 is 1.00 bits per heavy atom. The topological polar surface area (TPSA) is 60.3 Å². The first kappa shape index (κ1) is 19.1. The number of nitrogens with zero attached hydrogens (tertiary/aromatic N) is 1. The van der Waals surface area contributed by atoms with Crippen molar-refractivity contribution in [3.63, 3.8) is 0 Å². The molecule has 140 valence electrons. The molecule has 0 saturated heterocycles. The van der Waals surface area contributed by atoms with Gasteiger partial charge >= 0.3 is 4.87 Å². The summed E-state index contributed by atoms with van der Waals surface area (Å²) in [6.07, 6.45) is 0. The molecule has 0 atom stereocenters. The molecule has 1 amide bonds. The molecule has 2 aromatic carbocycles. The van der Waals surface area contributed by atoms with E-state index in [0.29, 0.717) is 19.8 Å². The Labute approximate surface area is 162 Å². The Kier molecular flexibility index (Phi) is 6.57. The van der Waals surface area contributed by atoms with Gasteiger partial charge in [0.25, 0.3) is 0 Å². The van der Waals surface area contributed by atoms with Gasteiger partial charge < -0.3 is 10.1 Å². The van der Waals surface area contributed by atoms with Crippen LogP contribution in [0.5, 0.6) is 0 Å². The van der Waals surface area contributed by atoms with Crippen molar-refractivity contribution in [2.45, 2.75) is 33.2 Å². The highest BCUT2D eigenvalue weighted by Gasteiger charge is 2.08. The number of hydrogen-bond donors (Lipinski definition) is 1. The molecule has 6 heteroatoms. The van der Waals surface area contributed by atoms with E-state index in [9.17, 15) is 9.59 Å². The maximum atomic E-state index is 12.0. The summed E-state index contributed by atoms with van der Waals surface area (Å²) in [7, 11) is 0. The van der Waals surface area contributed by atoms with E-state index in [1.807, 2.05) is 61.5 Å². The molecular formula is C21H22N2O3S. The SMILES string of the molecule is Cc1csc(=O)n1CC(=O)NCc1ccc(COCc2ccccc2)cc1. The van der Waals surface area contributed by atoms with E-state index in [4.69, 9.17) is 4.74 Å². The van der Waals surface area contributed by atoms with Crippen molar-refractivity contribution in [1.29, 1.82) is 0 Å². The standard InChI is InChI=1S/C21H22N2O3S/c1-16-15-27-21(25)23(16)12-20(24)22-11-17-7-9-19(10-8-17)14-26-13-18-5-3-2-4-6-18/h2-10,15H,11-14H2,1H3,(H,22,24). The summed E-state index contributed by atoms with van der Waals surface area (Å²) in [5.74, 6) is -0.172. The Balaban J connectivity index is 1.43. The summed E-state index contributed by atoms with van der Waals surface area (Å²) in [5.41, 5.74) is 4.04. The quantitative estimate of drug-likeness (QED) is 0.651. The summed E-state index contributed by atoms with van der Waals surface area (Å²) in [4.78, 5) is 23.6. The van der Waals surface area contributed by atoms with Gasteiger partial charge in [-0.25, -0.2) is 0 Å². The summed E-state index contributed by atoms with van der Waals surface area (Å²) < 4.78 is 7.20. The lowest BCUT2D eigenvalue weighted by Crippen LogP contribution is -2.30. The molecule has 3 rings (SSSR count). The molecule has 0 fully saturated rings. The van der Waals surface area contributed by atoms with Crippen LogP contribution in [0.1, 0.15) is 22.4 Å². The molecule has 1 aromatic heterocycles. The number of rotatable bonds is 8. The average Bonchev–Trinajstić information content (AvgIpc) is 3.00. The fourth-order valence-corrected chi connectivity index (χ4v) is 3.35. The van der Waals surface area contributed by atoms with Crippen LogP contribution in [0.4, 0.5) is 0 Å².